The summed E-state index contributed by atoms with van der Waals surface area (Å²) in [5.41, 5.74) is 6.55. The Bertz CT molecular complexity index is 1240. The van der Waals surface area contributed by atoms with Gasteiger partial charge in [0.25, 0.3) is 11.8 Å². The molecule has 3 amide bonds. The number of rotatable bonds is 4. The van der Waals surface area contributed by atoms with E-state index in [-0.39, 0.29) is 22.0 Å². The van der Waals surface area contributed by atoms with Crippen molar-refractivity contribution < 1.29 is 19.1 Å². The van der Waals surface area contributed by atoms with Crippen LogP contribution in [-0.4, -0.2) is 29.6 Å². The Morgan fingerprint density at radius 3 is 2.24 bits per heavy atom. The van der Waals surface area contributed by atoms with E-state index in [0.717, 1.165) is 12.7 Å². The van der Waals surface area contributed by atoms with Crippen LogP contribution in [0, 0.1) is 13.8 Å². The number of amides is 3. The molecule has 0 saturated heterocycles. The lowest BCUT2D eigenvalue weighted by Crippen LogP contribution is -2.41. The fourth-order valence-electron chi connectivity index (χ4n) is 3.17. The molecule has 0 spiro atoms. The maximum atomic E-state index is 13.3. The molecule has 0 bridgehead atoms. The molecule has 0 saturated carbocycles. The van der Waals surface area contributed by atoms with E-state index in [1.165, 1.54) is 6.07 Å². The maximum absolute atomic E-state index is 13.3. The topological polar surface area (TPSA) is 101 Å². The number of methoxy groups -OCH3 is 1. The molecule has 33 heavy (non-hydrogen) atoms. The van der Waals surface area contributed by atoms with E-state index >= 15 is 0 Å². The van der Waals surface area contributed by atoms with Gasteiger partial charge in [0.05, 0.1) is 34.1 Å². The minimum atomic E-state index is -0.863. The minimum absolute atomic E-state index is 0.0374. The highest BCUT2D eigenvalue weighted by molar-refractivity contribution is 6.37. The fraction of sp³-hybridized carbons (Fsp3) is 0.136. The number of anilines is 1. The largest absolute Gasteiger partial charge is 0.452 e. The van der Waals surface area contributed by atoms with Crippen LogP contribution < -0.4 is 16.2 Å². The Kier molecular flexibility index (Phi) is 7.53. The second kappa shape index (κ2) is 10.2. The molecule has 0 fully saturated rings. The average Bonchev–Trinajstić information content (AvgIpc) is 3.14. The predicted molar refractivity (Wildman–Crippen MR) is 128 cm³/mol. The Balaban J connectivity index is 2.00. The van der Waals surface area contributed by atoms with Crippen LogP contribution in [0.1, 0.15) is 32.0 Å². The Morgan fingerprint density at radius 1 is 0.939 bits per heavy atom. The van der Waals surface area contributed by atoms with E-state index < -0.39 is 17.9 Å². The molecule has 0 unspecified atom stereocenters. The highest BCUT2D eigenvalue weighted by Crippen LogP contribution is 2.31. The van der Waals surface area contributed by atoms with Crippen molar-refractivity contribution in [1.29, 1.82) is 0 Å². The van der Waals surface area contributed by atoms with Crippen molar-refractivity contribution in [2.45, 2.75) is 13.8 Å². The number of hydrazine groups is 1. The number of aromatic nitrogens is 1. The average molecular weight is 510 g/mol. The van der Waals surface area contributed by atoms with Gasteiger partial charge >= 0.3 is 6.09 Å². The summed E-state index contributed by atoms with van der Waals surface area (Å²) in [5, 5.41) is 3.76. The van der Waals surface area contributed by atoms with Gasteiger partial charge in [-0.3, -0.25) is 15.0 Å². The molecular weight excluding hydrogens is 491 g/mol. The molecule has 2 aromatic carbocycles. The van der Waals surface area contributed by atoms with Crippen LogP contribution in [0.15, 0.2) is 42.6 Å². The van der Waals surface area contributed by atoms with Crippen molar-refractivity contribution >= 4 is 58.4 Å². The molecular formula is C22H19Cl3N4O4. The molecule has 0 radical (unpaired) electrons. The summed E-state index contributed by atoms with van der Waals surface area (Å²) >= 11 is 18.8. The van der Waals surface area contributed by atoms with E-state index in [1.807, 2.05) is 6.92 Å². The predicted octanol–water partition coefficient (Wildman–Crippen LogP) is 5.31. The van der Waals surface area contributed by atoms with Gasteiger partial charge in [-0.25, -0.2) is 10.2 Å². The minimum Gasteiger partial charge on any atom is -0.452 e. The van der Waals surface area contributed by atoms with Gasteiger partial charge in [-0.05, 0) is 55.3 Å². The van der Waals surface area contributed by atoms with Crippen LogP contribution in [0.2, 0.25) is 15.1 Å². The SMILES string of the molecule is COC(=O)NNC(=O)c1cc(Cl)cc(C)c1NC(=O)c1cc(C)cn1-c1c(Cl)cccc1Cl. The van der Waals surface area contributed by atoms with Gasteiger partial charge in [0.1, 0.15) is 5.69 Å². The second-order valence-electron chi connectivity index (χ2n) is 7.01. The molecule has 1 aromatic heterocycles. The number of para-hydroxylation sites is 1. The van der Waals surface area contributed by atoms with Gasteiger partial charge in [-0.15, -0.1) is 0 Å². The molecule has 3 aromatic rings. The number of ether oxygens (including phenoxy) is 1. The number of nitrogens with zero attached hydrogens (tertiary/aromatic N) is 1. The molecule has 3 rings (SSSR count). The van der Waals surface area contributed by atoms with Crippen LogP contribution in [0.25, 0.3) is 5.69 Å². The van der Waals surface area contributed by atoms with Crippen LogP contribution >= 0.6 is 34.8 Å². The summed E-state index contributed by atoms with van der Waals surface area (Å²) in [7, 11) is 1.15. The van der Waals surface area contributed by atoms with Gasteiger partial charge in [0, 0.05) is 11.2 Å². The molecule has 1 heterocycles. The molecule has 3 N–H and O–H groups in total. The lowest BCUT2D eigenvalue weighted by Gasteiger charge is -2.16. The molecule has 172 valence electrons. The zero-order valence-electron chi connectivity index (χ0n) is 17.8. The fourth-order valence-corrected chi connectivity index (χ4v) is 4.02. The maximum Gasteiger partial charge on any atom is 0.425 e. The normalized spacial score (nSPS) is 10.5. The van der Waals surface area contributed by atoms with Crippen molar-refractivity contribution in [3.8, 4) is 5.69 Å². The first kappa shape index (κ1) is 24.4. The third-order valence-electron chi connectivity index (χ3n) is 4.61. The van der Waals surface area contributed by atoms with E-state index in [0.29, 0.717) is 21.3 Å². The second-order valence-corrected chi connectivity index (χ2v) is 8.26. The van der Waals surface area contributed by atoms with Crippen molar-refractivity contribution in [2.75, 3.05) is 12.4 Å². The quantitative estimate of drug-likeness (QED) is 0.415. The van der Waals surface area contributed by atoms with E-state index in [9.17, 15) is 14.4 Å². The summed E-state index contributed by atoms with van der Waals surface area (Å²) in [4.78, 5) is 37.2. The number of benzene rings is 2. The lowest BCUT2D eigenvalue weighted by atomic mass is 10.1. The number of hydrogen-bond acceptors (Lipinski definition) is 4. The summed E-state index contributed by atoms with van der Waals surface area (Å²) in [6.07, 6.45) is 0.863. The Labute approximate surface area is 204 Å². The number of hydrogen-bond donors (Lipinski definition) is 3. The summed E-state index contributed by atoms with van der Waals surface area (Å²) in [6, 6.07) is 9.66. The third-order valence-corrected chi connectivity index (χ3v) is 5.44. The first-order chi connectivity index (χ1) is 15.6. The third kappa shape index (κ3) is 5.42. The number of nitrogens with one attached hydrogen (secondary N) is 3. The van der Waals surface area contributed by atoms with Gasteiger partial charge in [-0.2, -0.15) is 0 Å². The van der Waals surface area contributed by atoms with Crippen LogP contribution in [0.5, 0.6) is 0 Å². The van der Waals surface area contributed by atoms with E-state index in [1.54, 1.807) is 48.0 Å². The first-order valence-electron chi connectivity index (χ1n) is 9.51. The standard InChI is InChI=1S/C22H19Cl3N4O4/c1-11-7-17(29(10-11)19-15(24)5-4-6-16(19)25)21(31)26-18-12(2)8-13(23)9-14(18)20(30)27-28-22(32)33-3/h4-10H,1-3H3,(H,26,31)(H,27,30)(H,28,32). The van der Waals surface area contributed by atoms with Gasteiger partial charge in [0.2, 0.25) is 0 Å². The monoisotopic (exact) mass is 508 g/mol. The van der Waals surface area contributed by atoms with E-state index in [2.05, 4.69) is 20.9 Å². The molecule has 0 aliphatic carbocycles. The summed E-state index contributed by atoms with van der Waals surface area (Å²) in [5.74, 6) is -1.22. The van der Waals surface area contributed by atoms with Crippen LogP contribution in [-0.2, 0) is 4.74 Å². The van der Waals surface area contributed by atoms with Crippen molar-refractivity contribution in [3.05, 3.63) is 80.0 Å². The molecule has 8 nitrogen and oxygen atoms in total. The van der Waals surface area contributed by atoms with Gasteiger partial charge < -0.3 is 14.6 Å². The molecule has 0 aliphatic heterocycles. The van der Waals surface area contributed by atoms with Gasteiger partial charge in [0.15, 0.2) is 0 Å². The summed E-state index contributed by atoms with van der Waals surface area (Å²) < 4.78 is 6.01. The number of halogens is 3. The van der Waals surface area contributed by atoms with Crippen LogP contribution in [0.4, 0.5) is 10.5 Å². The zero-order valence-corrected chi connectivity index (χ0v) is 20.0. The van der Waals surface area contributed by atoms with Gasteiger partial charge in [-0.1, -0.05) is 40.9 Å². The molecule has 11 heteroatoms. The highest BCUT2D eigenvalue weighted by atomic mass is 35.5. The highest BCUT2D eigenvalue weighted by Gasteiger charge is 2.22. The van der Waals surface area contributed by atoms with Crippen molar-refractivity contribution in [2.24, 2.45) is 0 Å². The van der Waals surface area contributed by atoms with Crippen LogP contribution in [0.3, 0.4) is 0 Å². The van der Waals surface area contributed by atoms with Crippen molar-refractivity contribution in [3.63, 3.8) is 0 Å². The first-order valence-corrected chi connectivity index (χ1v) is 10.6. The number of carbonyl (C=O) groups excluding carboxylic acids is 3. The molecule has 0 aliphatic rings. The Hall–Kier alpha value is -3.20. The van der Waals surface area contributed by atoms with E-state index in [4.69, 9.17) is 34.8 Å². The zero-order chi connectivity index (χ0) is 24.3. The number of carbonyl (C=O) groups is 3. The Morgan fingerprint density at radius 2 is 1.61 bits per heavy atom. The smallest absolute Gasteiger partial charge is 0.425 e. The lowest BCUT2D eigenvalue weighted by molar-refractivity contribution is 0.0921. The molecule has 0 atom stereocenters. The van der Waals surface area contributed by atoms with Crippen molar-refractivity contribution in [1.82, 2.24) is 15.4 Å². The number of aryl methyl sites for hydroxylation is 2. The summed E-state index contributed by atoms with van der Waals surface area (Å²) in [6.45, 7) is 3.50.